The number of hydrogen-bond acceptors (Lipinski definition) is 3. The van der Waals surface area contributed by atoms with Crippen molar-refractivity contribution in [1.29, 1.82) is 0 Å². The molecule has 82 valence electrons. The Morgan fingerprint density at radius 3 is 2.60 bits per heavy atom. The highest BCUT2D eigenvalue weighted by Crippen LogP contribution is 2.32. The first kappa shape index (κ1) is 11.9. The highest BCUT2D eigenvalue weighted by molar-refractivity contribution is 9.08. The van der Waals surface area contributed by atoms with Gasteiger partial charge in [-0.15, -0.1) is 0 Å². The summed E-state index contributed by atoms with van der Waals surface area (Å²) in [5.41, 5.74) is -2.41. The monoisotopic (exact) mass is 284 g/mol. The predicted molar refractivity (Wildman–Crippen MR) is 48.4 cm³/mol. The maximum absolute atomic E-state index is 13.0. The van der Waals surface area contributed by atoms with Gasteiger partial charge in [0, 0.05) is 5.33 Å². The molecule has 0 aromatic carbocycles. The largest absolute Gasteiger partial charge is 0.303 e. The molecule has 8 heteroatoms. The van der Waals surface area contributed by atoms with Gasteiger partial charge in [-0.25, -0.2) is 18.2 Å². The molecule has 0 N–H and O–H groups in total. The normalized spacial score (nSPS) is 10.7. The fraction of sp³-hybridized carbons (Fsp3) is 0.286. The lowest BCUT2D eigenvalue weighted by atomic mass is 10.2. The average Bonchev–Trinajstić information content (AvgIpc) is 2.16. The van der Waals surface area contributed by atoms with Gasteiger partial charge in [-0.05, 0) is 0 Å². The van der Waals surface area contributed by atoms with Crippen molar-refractivity contribution in [2.45, 2.75) is 11.8 Å². The van der Waals surface area contributed by atoms with E-state index in [4.69, 9.17) is 0 Å². The number of hydrogen-bond donors (Lipinski definition) is 0. The molecule has 0 fully saturated rings. The van der Waals surface area contributed by atoms with Crippen LogP contribution in [0.15, 0.2) is 6.20 Å². The van der Waals surface area contributed by atoms with Gasteiger partial charge in [-0.3, -0.25) is 10.1 Å². The van der Waals surface area contributed by atoms with Gasteiger partial charge in [0.1, 0.15) is 0 Å². The van der Waals surface area contributed by atoms with Gasteiger partial charge >= 0.3 is 5.69 Å². The minimum Gasteiger partial charge on any atom is -0.258 e. The van der Waals surface area contributed by atoms with E-state index >= 15 is 0 Å². The van der Waals surface area contributed by atoms with Crippen molar-refractivity contribution >= 4 is 21.6 Å². The van der Waals surface area contributed by atoms with Gasteiger partial charge in [0.15, 0.2) is 11.5 Å². The summed E-state index contributed by atoms with van der Waals surface area (Å²) in [5.74, 6) is -0.983. The Morgan fingerprint density at radius 2 is 2.20 bits per heavy atom. The van der Waals surface area contributed by atoms with Gasteiger partial charge in [-0.1, -0.05) is 15.9 Å². The zero-order valence-corrected chi connectivity index (χ0v) is 8.67. The summed E-state index contributed by atoms with van der Waals surface area (Å²) < 4.78 is 37.7. The molecule has 0 bridgehead atoms. The second-order valence-corrected chi connectivity index (χ2v) is 3.07. The van der Waals surface area contributed by atoms with Crippen LogP contribution in [-0.2, 0) is 5.33 Å². The summed E-state index contributed by atoms with van der Waals surface area (Å²) in [6.45, 7) is 0. The quantitative estimate of drug-likeness (QED) is 0.487. The van der Waals surface area contributed by atoms with E-state index in [0.717, 1.165) is 0 Å². The van der Waals surface area contributed by atoms with Gasteiger partial charge in [-0.2, -0.15) is 0 Å². The number of nitrogens with zero attached hydrogens (tertiary/aromatic N) is 2. The van der Waals surface area contributed by atoms with E-state index in [0.29, 0.717) is 6.20 Å². The molecule has 0 saturated heterocycles. The lowest BCUT2D eigenvalue weighted by molar-refractivity contribution is -0.387. The second-order valence-electron chi connectivity index (χ2n) is 2.51. The molecule has 1 rings (SSSR count). The Kier molecular flexibility index (Phi) is 3.61. The SMILES string of the molecule is O=[N+]([O-])c1c(C(F)F)ncc(F)c1CBr. The minimum atomic E-state index is -3.11. The van der Waals surface area contributed by atoms with E-state index in [9.17, 15) is 23.3 Å². The van der Waals surface area contributed by atoms with Gasteiger partial charge in [0.2, 0.25) is 0 Å². The van der Waals surface area contributed by atoms with Crippen molar-refractivity contribution in [2.24, 2.45) is 0 Å². The van der Waals surface area contributed by atoms with Gasteiger partial charge < -0.3 is 0 Å². The number of alkyl halides is 3. The Balaban J connectivity index is 3.49. The maximum atomic E-state index is 13.0. The fourth-order valence-electron chi connectivity index (χ4n) is 1.02. The molecule has 0 atom stereocenters. The maximum Gasteiger partial charge on any atom is 0.303 e. The Labute approximate surface area is 90.4 Å². The van der Waals surface area contributed by atoms with E-state index in [1.807, 2.05) is 0 Å². The van der Waals surface area contributed by atoms with E-state index in [1.54, 1.807) is 0 Å². The molecule has 0 aliphatic heterocycles. The summed E-state index contributed by atoms with van der Waals surface area (Å²) in [7, 11) is 0. The molecular formula is C7H4BrF3N2O2. The number of halogens is 4. The molecule has 0 spiro atoms. The van der Waals surface area contributed by atoms with Gasteiger partial charge in [0.05, 0.1) is 16.7 Å². The zero-order valence-electron chi connectivity index (χ0n) is 7.08. The van der Waals surface area contributed by atoms with Crippen LogP contribution in [-0.4, -0.2) is 9.91 Å². The van der Waals surface area contributed by atoms with Crippen LogP contribution in [0.5, 0.6) is 0 Å². The van der Waals surface area contributed by atoms with Crippen molar-refractivity contribution in [3.05, 3.63) is 33.4 Å². The molecule has 0 radical (unpaired) electrons. The second kappa shape index (κ2) is 4.56. The van der Waals surface area contributed by atoms with Crippen LogP contribution in [0.3, 0.4) is 0 Å². The number of rotatable bonds is 3. The molecule has 0 unspecified atom stereocenters. The molecule has 1 aromatic heterocycles. The smallest absolute Gasteiger partial charge is 0.258 e. The van der Waals surface area contributed by atoms with Crippen LogP contribution in [0.4, 0.5) is 18.9 Å². The molecular weight excluding hydrogens is 281 g/mol. The third-order valence-corrected chi connectivity index (χ3v) is 2.22. The average molecular weight is 285 g/mol. The summed E-state index contributed by atoms with van der Waals surface area (Å²) in [6, 6.07) is 0. The van der Waals surface area contributed by atoms with Crippen LogP contribution >= 0.6 is 15.9 Å². The van der Waals surface area contributed by atoms with Crippen molar-refractivity contribution < 1.29 is 18.1 Å². The Morgan fingerprint density at radius 1 is 1.60 bits per heavy atom. The van der Waals surface area contributed by atoms with Gasteiger partial charge in [0.25, 0.3) is 6.43 Å². The van der Waals surface area contributed by atoms with Crippen molar-refractivity contribution in [3.63, 3.8) is 0 Å². The van der Waals surface area contributed by atoms with Crippen LogP contribution < -0.4 is 0 Å². The molecule has 0 aliphatic rings. The number of nitro groups is 1. The lowest BCUT2D eigenvalue weighted by Gasteiger charge is -2.05. The fourth-order valence-corrected chi connectivity index (χ4v) is 1.56. The van der Waals surface area contributed by atoms with Crippen molar-refractivity contribution in [3.8, 4) is 0 Å². The third kappa shape index (κ3) is 2.25. The summed E-state index contributed by atoms with van der Waals surface area (Å²) in [4.78, 5) is 12.5. The predicted octanol–water partition coefficient (Wildman–Crippen LogP) is 2.96. The third-order valence-electron chi connectivity index (χ3n) is 1.66. The van der Waals surface area contributed by atoms with Crippen LogP contribution in [0.25, 0.3) is 0 Å². The molecule has 0 saturated carbocycles. The van der Waals surface area contributed by atoms with E-state index in [2.05, 4.69) is 20.9 Å². The number of aromatic nitrogens is 1. The van der Waals surface area contributed by atoms with Crippen LogP contribution in [0, 0.1) is 15.9 Å². The van der Waals surface area contributed by atoms with E-state index < -0.39 is 34.1 Å². The number of pyridine rings is 1. The van der Waals surface area contributed by atoms with Crippen molar-refractivity contribution in [1.82, 2.24) is 4.98 Å². The molecule has 1 aromatic rings. The first-order valence-corrected chi connectivity index (χ1v) is 4.77. The highest BCUT2D eigenvalue weighted by Gasteiger charge is 2.29. The first-order valence-electron chi connectivity index (χ1n) is 3.64. The molecule has 4 nitrogen and oxygen atoms in total. The summed E-state index contributed by atoms with van der Waals surface area (Å²) in [6.07, 6.45) is -2.56. The first-order chi connectivity index (χ1) is 6.99. The molecule has 1 heterocycles. The highest BCUT2D eigenvalue weighted by atomic mass is 79.9. The van der Waals surface area contributed by atoms with Crippen LogP contribution in [0.1, 0.15) is 17.7 Å². The van der Waals surface area contributed by atoms with E-state index in [1.165, 1.54) is 0 Å². The van der Waals surface area contributed by atoms with Crippen molar-refractivity contribution in [2.75, 3.05) is 0 Å². The standard InChI is InChI=1S/C7H4BrF3N2O2/c8-1-3-4(9)2-12-5(7(10)11)6(3)13(14)15/h2,7H,1H2. The minimum absolute atomic E-state index is 0.225. The topological polar surface area (TPSA) is 56.0 Å². The zero-order chi connectivity index (χ0) is 11.6. The Bertz CT molecular complexity index is 400. The Hall–Kier alpha value is -1.18. The summed E-state index contributed by atoms with van der Waals surface area (Å²) in [5, 5.41) is 10.3. The van der Waals surface area contributed by atoms with E-state index in [-0.39, 0.29) is 5.33 Å². The summed E-state index contributed by atoms with van der Waals surface area (Å²) >= 11 is 2.79. The molecule has 15 heavy (non-hydrogen) atoms. The van der Waals surface area contributed by atoms with Crippen LogP contribution in [0.2, 0.25) is 0 Å². The lowest BCUT2D eigenvalue weighted by Crippen LogP contribution is -2.05. The molecule has 0 amide bonds. The molecule has 0 aliphatic carbocycles.